The number of benzene rings is 1. The van der Waals surface area contributed by atoms with E-state index >= 15 is 0 Å². The number of rotatable bonds is 3. The highest BCUT2D eigenvalue weighted by Crippen LogP contribution is 2.28. The predicted octanol–water partition coefficient (Wildman–Crippen LogP) is 3.42. The van der Waals surface area contributed by atoms with Gasteiger partial charge >= 0.3 is 12.2 Å². The zero-order valence-corrected chi connectivity index (χ0v) is 10.8. The van der Waals surface area contributed by atoms with Crippen LogP contribution in [0.5, 0.6) is 0 Å². The van der Waals surface area contributed by atoms with E-state index in [0.29, 0.717) is 11.3 Å². The van der Waals surface area contributed by atoms with Gasteiger partial charge in [0, 0.05) is 24.6 Å². The maximum Gasteiger partial charge on any atom is 0.416 e. The molecule has 2 aromatic rings. The Labute approximate surface area is 119 Å². The number of nitrogens with zero attached hydrogens (tertiary/aromatic N) is 1. The molecule has 0 fully saturated rings. The number of halogens is 3. The smallest absolute Gasteiger partial charge is 0.334 e. The first kappa shape index (κ1) is 14.8. The van der Waals surface area contributed by atoms with Gasteiger partial charge in [-0.3, -0.25) is 4.98 Å². The molecule has 2 rings (SSSR count). The van der Waals surface area contributed by atoms with Crippen LogP contribution in [0.3, 0.4) is 0 Å². The molecule has 0 radical (unpaired) electrons. The highest BCUT2D eigenvalue weighted by Gasteiger charge is 2.29. The number of hydrogen-bond donors (Lipinski definition) is 2. The highest BCUT2D eigenvalue weighted by atomic mass is 19.4. The third-order valence-electron chi connectivity index (χ3n) is 2.67. The lowest BCUT2D eigenvalue weighted by Crippen LogP contribution is -2.28. The van der Waals surface area contributed by atoms with Gasteiger partial charge in [-0.05, 0) is 29.8 Å². The lowest BCUT2D eigenvalue weighted by atomic mass is 10.1. The Morgan fingerprint density at radius 1 is 1.05 bits per heavy atom. The van der Waals surface area contributed by atoms with E-state index in [-0.39, 0.29) is 6.54 Å². The number of alkyl halides is 3. The van der Waals surface area contributed by atoms with E-state index in [2.05, 4.69) is 15.6 Å². The third kappa shape index (κ3) is 4.48. The fourth-order valence-corrected chi connectivity index (χ4v) is 1.60. The molecule has 0 aliphatic rings. The zero-order chi connectivity index (χ0) is 15.3. The van der Waals surface area contributed by atoms with Gasteiger partial charge in [-0.15, -0.1) is 0 Å². The Bertz CT molecular complexity index is 597. The third-order valence-corrected chi connectivity index (χ3v) is 2.67. The van der Waals surface area contributed by atoms with E-state index in [1.165, 1.54) is 24.5 Å². The van der Waals surface area contributed by atoms with E-state index in [4.69, 9.17) is 0 Å². The van der Waals surface area contributed by atoms with Crippen molar-refractivity contribution in [1.82, 2.24) is 10.3 Å². The van der Waals surface area contributed by atoms with Crippen LogP contribution in [0.15, 0.2) is 48.8 Å². The van der Waals surface area contributed by atoms with E-state index < -0.39 is 17.8 Å². The largest absolute Gasteiger partial charge is 0.416 e. The summed E-state index contributed by atoms with van der Waals surface area (Å²) in [6.45, 7) is 0.134. The summed E-state index contributed by atoms with van der Waals surface area (Å²) in [5, 5.41) is 5.13. The minimum atomic E-state index is -4.36. The van der Waals surface area contributed by atoms with E-state index in [9.17, 15) is 18.0 Å². The number of amides is 2. The molecule has 2 amide bonds. The van der Waals surface area contributed by atoms with Crippen molar-refractivity contribution in [2.75, 3.05) is 5.32 Å². The molecule has 7 heteroatoms. The monoisotopic (exact) mass is 295 g/mol. The summed E-state index contributed by atoms with van der Waals surface area (Å²) in [5.74, 6) is 0. The maximum atomic E-state index is 12.4. The molecule has 4 nitrogen and oxygen atoms in total. The minimum Gasteiger partial charge on any atom is -0.334 e. The molecular weight excluding hydrogens is 283 g/mol. The number of carbonyl (C=O) groups excluding carboxylic acids is 1. The Morgan fingerprint density at radius 3 is 2.24 bits per heavy atom. The first-order chi connectivity index (χ1) is 9.95. The maximum absolute atomic E-state index is 12.4. The molecule has 21 heavy (non-hydrogen) atoms. The Morgan fingerprint density at radius 2 is 1.67 bits per heavy atom. The van der Waals surface area contributed by atoms with Gasteiger partial charge in [-0.1, -0.05) is 12.1 Å². The lowest BCUT2D eigenvalue weighted by molar-refractivity contribution is -0.137. The van der Waals surface area contributed by atoms with Crippen LogP contribution in [0.25, 0.3) is 0 Å². The van der Waals surface area contributed by atoms with Crippen LogP contribution in [-0.4, -0.2) is 11.0 Å². The molecule has 0 saturated heterocycles. The van der Waals surface area contributed by atoms with Gasteiger partial charge in [0.2, 0.25) is 0 Å². The van der Waals surface area contributed by atoms with E-state index in [0.717, 1.165) is 12.1 Å². The van der Waals surface area contributed by atoms with Crippen LogP contribution in [-0.2, 0) is 12.7 Å². The molecule has 0 saturated carbocycles. The van der Waals surface area contributed by atoms with Crippen molar-refractivity contribution in [3.63, 3.8) is 0 Å². The first-order valence-corrected chi connectivity index (χ1v) is 6.06. The van der Waals surface area contributed by atoms with Gasteiger partial charge in [0.1, 0.15) is 0 Å². The first-order valence-electron chi connectivity index (χ1n) is 6.06. The standard InChI is InChI=1S/C14H12F3N3O/c15-14(16,17)11-3-1-10(2-4-11)9-19-13(21)20-12-5-7-18-8-6-12/h1-8H,9H2,(H2,18,19,20,21). The Kier molecular flexibility index (Phi) is 4.42. The molecular formula is C14H12F3N3O. The highest BCUT2D eigenvalue weighted by molar-refractivity contribution is 5.88. The van der Waals surface area contributed by atoms with Crippen molar-refractivity contribution in [2.45, 2.75) is 12.7 Å². The average Bonchev–Trinajstić information content (AvgIpc) is 2.46. The van der Waals surface area contributed by atoms with Gasteiger partial charge in [0.15, 0.2) is 0 Å². The van der Waals surface area contributed by atoms with Crippen LogP contribution >= 0.6 is 0 Å². The Hall–Kier alpha value is -2.57. The molecule has 2 N–H and O–H groups in total. The van der Waals surface area contributed by atoms with Crippen LogP contribution in [0.2, 0.25) is 0 Å². The summed E-state index contributed by atoms with van der Waals surface area (Å²) in [4.78, 5) is 15.4. The Balaban J connectivity index is 1.87. The summed E-state index contributed by atoms with van der Waals surface area (Å²) >= 11 is 0. The molecule has 1 aromatic carbocycles. The zero-order valence-electron chi connectivity index (χ0n) is 10.8. The van der Waals surface area contributed by atoms with Gasteiger partial charge in [0.25, 0.3) is 0 Å². The van der Waals surface area contributed by atoms with Crippen molar-refractivity contribution < 1.29 is 18.0 Å². The second kappa shape index (κ2) is 6.25. The molecule has 0 aliphatic heterocycles. The SMILES string of the molecule is O=C(NCc1ccc(C(F)(F)F)cc1)Nc1ccncc1. The summed E-state index contributed by atoms with van der Waals surface area (Å²) in [7, 11) is 0. The number of anilines is 1. The van der Waals surface area contributed by atoms with Crippen molar-refractivity contribution in [1.29, 1.82) is 0 Å². The van der Waals surface area contributed by atoms with Crippen molar-refractivity contribution in [3.8, 4) is 0 Å². The molecule has 0 spiro atoms. The number of pyridine rings is 1. The molecule has 1 aromatic heterocycles. The van der Waals surface area contributed by atoms with Crippen molar-refractivity contribution in [2.24, 2.45) is 0 Å². The topological polar surface area (TPSA) is 54.0 Å². The minimum absolute atomic E-state index is 0.134. The predicted molar refractivity (Wildman–Crippen MR) is 71.5 cm³/mol. The van der Waals surface area contributed by atoms with Crippen LogP contribution in [0.1, 0.15) is 11.1 Å². The summed E-state index contributed by atoms with van der Waals surface area (Å²) < 4.78 is 37.2. The van der Waals surface area contributed by atoms with Crippen LogP contribution in [0, 0.1) is 0 Å². The molecule has 1 heterocycles. The second-order valence-corrected chi connectivity index (χ2v) is 4.24. The number of urea groups is 1. The average molecular weight is 295 g/mol. The summed E-state index contributed by atoms with van der Waals surface area (Å²) in [6, 6.07) is 7.43. The van der Waals surface area contributed by atoms with Crippen molar-refractivity contribution in [3.05, 3.63) is 59.9 Å². The number of aromatic nitrogens is 1. The molecule has 0 unspecified atom stereocenters. The summed E-state index contributed by atoms with van der Waals surface area (Å²) in [5.41, 5.74) is 0.440. The fraction of sp³-hybridized carbons (Fsp3) is 0.143. The number of nitrogens with one attached hydrogen (secondary N) is 2. The summed E-state index contributed by atoms with van der Waals surface area (Å²) in [6.07, 6.45) is -1.29. The van der Waals surface area contributed by atoms with Gasteiger partial charge in [-0.2, -0.15) is 13.2 Å². The van der Waals surface area contributed by atoms with E-state index in [1.807, 2.05) is 0 Å². The van der Waals surface area contributed by atoms with Crippen LogP contribution in [0.4, 0.5) is 23.7 Å². The quantitative estimate of drug-likeness (QED) is 0.911. The fourth-order valence-electron chi connectivity index (χ4n) is 1.60. The molecule has 0 aliphatic carbocycles. The number of hydrogen-bond acceptors (Lipinski definition) is 2. The van der Waals surface area contributed by atoms with Crippen molar-refractivity contribution >= 4 is 11.7 Å². The van der Waals surface area contributed by atoms with E-state index in [1.54, 1.807) is 12.1 Å². The number of carbonyl (C=O) groups is 1. The molecule has 0 atom stereocenters. The molecule has 0 bridgehead atoms. The normalized spacial score (nSPS) is 11.0. The lowest BCUT2D eigenvalue weighted by Gasteiger charge is -2.09. The van der Waals surface area contributed by atoms with Gasteiger partial charge < -0.3 is 10.6 Å². The van der Waals surface area contributed by atoms with Gasteiger partial charge in [0.05, 0.1) is 5.56 Å². The van der Waals surface area contributed by atoms with Gasteiger partial charge in [-0.25, -0.2) is 4.79 Å². The second-order valence-electron chi connectivity index (χ2n) is 4.24. The molecule has 110 valence electrons. The van der Waals surface area contributed by atoms with Crippen LogP contribution < -0.4 is 10.6 Å².